The first-order valence-corrected chi connectivity index (χ1v) is 5.65. The minimum atomic E-state index is -0.777. The molecule has 5 heteroatoms. The Morgan fingerprint density at radius 2 is 2.00 bits per heavy atom. The molecule has 5 nitrogen and oxygen atoms in total. The molecular weight excluding hydrogens is 230 g/mol. The maximum atomic E-state index is 10.7. The number of hydrogen-bond donors (Lipinski definition) is 2. The number of allylic oxidation sites excluding steroid dienone is 1. The van der Waals surface area contributed by atoms with Crippen LogP contribution in [0.1, 0.15) is 5.56 Å². The third-order valence-electron chi connectivity index (χ3n) is 3.10. The lowest BCUT2D eigenvalue weighted by molar-refractivity contribution is -0.419. The predicted octanol–water partition coefficient (Wildman–Crippen LogP) is 0.984. The molecule has 0 aromatic heterocycles. The van der Waals surface area contributed by atoms with E-state index in [1.807, 2.05) is 30.3 Å². The molecule has 2 unspecified atom stereocenters. The van der Waals surface area contributed by atoms with Crippen molar-refractivity contribution in [3.05, 3.63) is 69.9 Å². The first kappa shape index (κ1) is 12.5. The molecule has 0 saturated carbocycles. The van der Waals surface area contributed by atoms with Crippen LogP contribution in [0.4, 0.5) is 0 Å². The van der Waals surface area contributed by atoms with Gasteiger partial charge in [-0.2, -0.15) is 0 Å². The Bertz CT molecular complexity index is 510. The second-order valence-corrected chi connectivity index (χ2v) is 4.48. The minimum absolute atomic E-state index is 0.00311. The normalized spacial score (nSPS) is 26.8. The number of hydrogen-bond acceptors (Lipinski definition) is 4. The van der Waals surface area contributed by atoms with Crippen LogP contribution >= 0.6 is 0 Å². The SMILES string of the molecule is NC1C=C([N+](=O)[O-])C=CC1(N)Cc1ccccc1. The van der Waals surface area contributed by atoms with Gasteiger partial charge in [-0.25, -0.2) is 0 Å². The molecule has 94 valence electrons. The quantitative estimate of drug-likeness (QED) is 0.613. The van der Waals surface area contributed by atoms with Gasteiger partial charge in [0.25, 0.3) is 5.70 Å². The van der Waals surface area contributed by atoms with Gasteiger partial charge in [0.15, 0.2) is 0 Å². The lowest BCUT2D eigenvalue weighted by atomic mass is 9.81. The van der Waals surface area contributed by atoms with E-state index in [-0.39, 0.29) is 5.70 Å². The van der Waals surface area contributed by atoms with Crippen molar-refractivity contribution < 1.29 is 4.92 Å². The fraction of sp³-hybridized carbons (Fsp3) is 0.231. The monoisotopic (exact) mass is 245 g/mol. The van der Waals surface area contributed by atoms with Crippen LogP contribution in [0.3, 0.4) is 0 Å². The maximum absolute atomic E-state index is 10.7. The minimum Gasteiger partial charge on any atom is -0.322 e. The van der Waals surface area contributed by atoms with E-state index >= 15 is 0 Å². The molecule has 0 spiro atoms. The first-order chi connectivity index (χ1) is 8.51. The van der Waals surface area contributed by atoms with Gasteiger partial charge in [-0.3, -0.25) is 10.1 Å². The summed E-state index contributed by atoms with van der Waals surface area (Å²) in [6.07, 6.45) is 5.01. The number of nitro groups is 1. The van der Waals surface area contributed by atoms with Crippen LogP contribution in [0.15, 0.2) is 54.3 Å². The zero-order valence-electron chi connectivity index (χ0n) is 9.82. The zero-order valence-corrected chi connectivity index (χ0v) is 9.82. The van der Waals surface area contributed by atoms with Gasteiger partial charge in [-0.05, 0) is 12.0 Å². The molecule has 1 aliphatic carbocycles. The smallest absolute Gasteiger partial charge is 0.266 e. The van der Waals surface area contributed by atoms with Crippen LogP contribution in [0, 0.1) is 10.1 Å². The van der Waals surface area contributed by atoms with Gasteiger partial charge in [0, 0.05) is 12.2 Å². The molecule has 0 aliphatic heterocycles. The summed E-state index contributed by atoms with van der Waals surface area (Å²) in [6, 6.07) is 9.13. The summed E-state index contributed by atoms with van der Waals surface area (Å²) in [4.78, 5) is 10.2. The molecule has 2 atom stereocenters. The number of benzene rings is 1. The maximum Gasteiger partial charge on any atom is 0.266 e. The lowest BCUT2D eigenvalue weighted by Gasteiger charge is -2.32. The van der Waals surface area contributed by atoms with E-state index in [4.69, 9.17) is 11.5 Å². The van der Waals surface area contributed by atoms with Crippen molar-refractivity contribution in [3.8, 4) is 0 Å². The van der Waals surface area contributed by atoms with Crippen LogP contribution in [-0.2, 0) is 6.42 Å². The van der Waals surface area contributed by atoms with E-state index in [1.165, 1.54) is 12.2 Å². The third-order valence-corrected chi connectivity index (χ3v) is 3.10. The van der Waals surface area contributed by atoms with Gasteiger partial charge in [-0.15, -0.1) is 0 Å². The van der Waals surface area contributed by atoms with Crippen molar-refractivity contribution in [2.45, 2.75) is 18.0 Å². The summed E-state index contributed by atoms with van der Waals surface area (Å²) in [5.41, 5.74) is 12.4. The second kappa shape index (κ2) is 4.72. The largest absolute Gasteiger partial charge is 0.322 e. The van der Waals surface area contributed by atoms with E-state index in [1.54, 1.807) is 6.08 Å². The highest BCUT2D eigenvalue weighted by Gasteiger charge is 2.33. The summed E-state index contributed by atoms with van der Waals surface area (Å²) in [6.45, 7) is 0. The summed E-state index contributed by atoms with van der Waals surface area (Å²) in [5.74, 6) is 0. The molecule has 18 heavy (non-hydrogen) atoms. The Balaban J connectivity index is 2.20. The second-order valence-electron chi connectivity index (χ2n) is 4.48. The van der Waals surface area contributed by atoms with Crippen LogP contribution in [0.25, 0.3) is 0 Å². The molecule has 0 bridgehead atoms. The van der Waals surface area contributed by atoms with Gasteiger partial charge in [0.2, 0.25) is 0 Å². The van der Waals surface area contributed by atoms with Crippen LogP contribution in [-0.4, -0.2) is 16.5 Å². The Kier molecular flexibility index (Phi) is 3.27. The zero-order chi connectivity index (χ0) is 13.2. The van der Waals surface area contributed by atoms with Gasteiger partial charge < -0.3 is 11.5 Å². The van der Waals surface area contributed by atoms with Crippen molar-refractivity contribution >= 4 is 0 Å². The Morgan fingerprint density at radius 1 is 1.33 bits per heavy atom. The van der Waals surface area contributed by atoms with Crippen LogP contribution in [0.2, 0.25) is 0 Å². The lowest BCUT2D eigenvalue weighted by Crippen LogP contribution is -2.55. The van der Waals surface area contributed by atoms with Crippen molar-refractivity contribution in [2.24, 2.45) is 11.5 Å². The summed E-state index contributed by atoms with van der Waals surface area (Å²) in [7, 11) is 0. The fourth-order valence-corrected chi connectivity index (χ4v) is 1.99. The van der Waals surface area contributed by atoms with Crippen LogP contribution in [0.5, 0.6) is 0 Å². The fourth-order valence-electron chi connectivity index (χ4n) is 1.99. The molecule has 0 amide bonds. The Hall–Kier alpha value is -1.98. The predicted molar refractivity (Wildman–Crippen MR) is 69.3 cm³/mol. The molecule has 2 rings (SSSR count). The summed E-state index contributed by atoms with van der Waals surface area (Å²) >= 11 is 0. The highest BCUT2D eigenvalue weighted by Crippen LogP contribution is 2.22. The van der Waals surface area contributed by atoms with Crippen molar-refractivity contribution in [3.63, 3.8) is 0 Å². The van der Waals surface area contributed by atoms with Crippen molar-refractivity contribution in [1.82, 2.24) is 0 Å². The van der Waals surface area contributed by atoms with Crippen LogP contribution < -0.4 is 11.5 Å². The number of nitrogens with zero attached hydrogens (tertiary/aromatic N) is 1. The molecule has 4 N–H and O–H groups in total. The van der Waals surface area contributed by atoms with E-state index in [0.29, 0.717) is 6.42 Å². The average molecular weight is 245 g/mol. The molecule has 0 heterocycles. The molecule has 0 radical (unpaired) electrons. The van der Waals surface area contributed by atoms with Gasteiger partial charge in [0.1, 0.15) is 0 Å². The van der Waals surface area contributed by atoms with E-state index in [0.717, 1.165) is 5.56 Å². The molecule has 1 aliphatic rings. The Labute approximate surface area is 105 Å². The average Bonchev–Trinajstić information content (AvgIpc) is 2.34. The molecular formula is C13H15N3O2. The van der Waals surface area contributed by atoms with Crippen molar-refractivity contribution in [2.75, 3.05) is 0 Å². The molecule has 1 aromatic rings. The van der Waals surface area contributed by atoms with E-state index in [9.17, 15) is 10.1 Å². The summed E-state index contributed by atoms with van der Waals surface area (Å²) < 4.78 is 0. The van der Waals surface area contributed by atoms with Crippen molar-refractivity contribution in [1.29, 1.82) is 0 Å². The highest BCUT2D eigenvalue weighted by molar-refractivity contribution is 5.33. The van der Waals surface area contributed by atoms with Gasteiger partial charge >= 0.3 is 0 Å². The molecule has 0 saturated heterocycles. The van der Waals surface area contributed by atoms with Gasteiger partial charge in [-0.1, -0.05) is 36.4 Å². The summed E-state index contributed by atoms with van der Waals surface area (Å²) in [5, 5.41) is 10.7. The molecule has 1 aromatic carbocycles. The number of nitrogens with two attached hydrogens (primary N) is 2. The van der Waals surface area contributed by atoms with E-state index < -0.39 is 16.5 Å². The Morgan fingerprint density at radius 3 is 2.56 bits per heavy atom. The van der Waals surface area contributed by atoms with E-state index in [2.05, 4.69) is 0 Å². The standard InChI is InChI=1S/C13H15N3O2/c14-12-8-11(16(17)18)6-7-13(12,15)9-10-4-2-1-3-5-10/h1-8,12H,9,14-15H2. The first-order valence-electron chi connectivity index (χ1n) is 5.65. The molecule has 0 fully saturated rings. The highest BCUT2D eigenvalue weighted by atomic mass is 16.6. The van der Waals surface area contributed by atoms with Gasteiger partial charge in [0.05, 0.1) is 16.5 Å². The number of rotatable bonds is 3. The third kappa shape index (κ3) is 2.47. The topological polar surface area (TPSA) is 95.2 Å².